The number of hydrogen-bond donors (Lipinski definition) is 0. The maximum atomic E-state index is 12.3. The van der Waals surface area contributed by atoms with Gasteiger partial charge in [-0.3, -0.25) is 4.79 Å². The number of nitrogens with zero attached hydrogens (tertiary/aromatic N) is 1. The first kappa shape index (κ1) is 13.1. The number of alkyl halides is 2. The predicted octanol–water partition coefficient (Wildman–Crippen LogP) is 2.92. The maximum Gasteiger partial charge on any atom is 0.387 e. The molecule has 0 aliphatic rings. The summed E-state index contributed by atoms with van der Waals surface area (Å²) < 4.78 is 28.9. The van der Waals surface area contributed by atoms with Gasteiger partial charge >= 0.3 is 6.61 Å². The molecule has 0 spiro atoms. The van der Waals surface area contributed by atoms with Crippen molar-refractivity contribution >= 4 is 5.78 Å². The minimum Gasteiger partial charge on any atom is -0.434 e. The highest BCUT2D eigenvalue weighted by molar-refractivity contribution is 5.97. The van der Waals surface area contributed by atoms with Gasteiger partial charge < -0.3 is 4.74 Å². The van der Waals surface area contributed by atoms with Crippen LogP contribution in [0.5, 0.6) is 5.75 Å². The number of rotatable bonds is 4. The first-order valence-electron chi connectivity index (χ1n) is 5.02. The molecule has 0 fully saturated rings. The monoisotopic (exact) mass is 239 g/mol. The lowest BCUT2D eigenvalue weighted by Gasteiger charge is -2.13. The Morgan fingerprint density at radius 1 is 1.53 bits per heavy atom. The zero-order valence-corrected chi connectivity index (χ0v) is 9.46. The molecule has 0 bridgehead atoms. The number of Topliss-reactive ketones (excluding diaryl/α,β-unsaturated/α-hetero) is 1. The lowest BCUT2D eigenvalue weighted by atomic mass is 10.0. The van der Waals surface area contributed by atoms with Gasteiger partial charge in [0.25, 0.3) is 0 Å². The Bertz CT molecular complexity index is 478. The van der Waals surface area contributed by atoms with Crippen molar-refractivity contribution < 1.29 is 18.3 Å². The van der Waals surface area contributed by atoms with Crippen LogP contribution in [0, 0.1) is 11.3 Å². The van der Waals surface area contributed by atoms with E-state index in [2.05, 4.69) is 4.74 Å². The van der Waals surface area contributed by atoms with E-state index in [1.165, 1.54) is 19.1 Å². The van der Waals surface area contributed by atoms with Crippen molar-refractivity contribution in [1.82, 2.24) is 0 Å². The summed E-state index contributed by atoms with van der Waals surface area (Å²) in [6, 6.07) is 4.59. The van der Waals surface area contributed by atoms with Crippen molar-refractivity contribution in [2.75, 3.05) is 0 Å². The highest BCUT2D eigenvalue weighted by Crippen LogP contribution is 2.28. The summed E-state index contributed by atoms with van der Waals surface area (Å²) >= 11 is 0. The number of carbonyl (C=O) groups is 1. The first-order valence-corrected chi connectivity index (χ1v) is 5.02. The van der Waals surface area contributed by atoms with E-state index in [1.54, 1.807) is 6.92 Å². The average Bonchev–Trinajstić information content (AvgIpc) is 2.28. The van der Waals surface area contributed by atoms with Gasteiger partial charge in [0.1, 0.15) is 5.75 Å². The number of nitriles is 1. The molecule has 0 radical (unpaired) electrons. The van der Waals surface area contributed by atoms with Crippen molar-refractivity contribution in [2.45, 2.75) is 26.9 Å². The van der Waals surface area contributed by atoms with Crippen molar-refractivity contribution in [2.24, 2.45) is 0 Å². The third-order valence-electron chi connectivity index (χ3n) is 2.26. The van der Waals surface area contributed by atoms with Gasteiger partial charge in [0, 0.05) is 0 Å². The minimum absolute atomic E-state index is 0.0150. The van der Waals surface area contributed by atoms with Crippen molar-refractivity contribution in [1.29, 1.82) is 5.26 Å². The molecule has 1 aromatic rings. The lowest BCUT2D eigenvalue weighted by Crippen LogP contribution is -2.09. The zero-order chi connectivity index (χ0) is 13.0. The van der Waals surface area contributed by atoms with Crippen LogP contribution < -0.4 is 4.74 Å². The molecular formula is C12H11F2NO2. The number of aryl methyl sites for hydroxylation is 1. The molecular weight excluding hydrogens is 228 g/mol. The number of halogens is 2. The third kappa shape index (κ3) is 3.00. The molecule has 1 aromatic carbocycles. The normalized spacial score (nSPS) is 10.1. The Morgan fingerprint density at radius 3 is 2.59 bits per heavy atom. The van der Waals surface area contributed by atoms with Gasteiger partial charge in [-0.1, -0.05) is 6.92 Å². The Morgan fingerprint density at radius 2 is 2.18 bits per heavy atom. The number of carbonyl (C=O) groups excluding carboxylic acids is 1. The fourth-order valence-electron chi connectivity index (χ4n) is 1.51. The Kier molecular flexibility index (Phi) is 4.16. The summed E-state index contributed by atoms with van der Waals surface area (Å²) in [6.07, 6.45) is 0.401. The molecule has 0 heterocycles. The molecule has 0 aliphatic heterocycles. The van der Waals surface area contributed by atoms with Crippen LogP contribution in [0.4, 0.5) is 8.78 Å². The Hall–Kier alpha value is -1.96. The van der Waals surface area contributed by atoms with Gasteiger partial charge in [0.2, 0.25) is 0 Å². The second-order valence-corrected chi connectivity index (χ2v) is 3.41. The summed E-state index contributed by atoms with van der Waals surface area (Å²) in [5.41, 5.74) is 0.699. The molecule has 1 rings (SSSR count). The van der Waals surface area contributed by atoms with Crippen molar-refractivity contribution in [3.8, 4) is 11.8 Å². The highest BCUT2D eigenvalue weighted by Gasteiger charge is 2.18. The van der Waals surface area contributed by atoms with Crippen LogP contribution in [-0.2, 0) is 6.42 Å². The van der Waals surface area contributed by atoms with Crippen LogP contribution in [0.3, 0.4) is 0 Å². The van der Waals surface area contributed by atoms with E-state index in [0.717, 1.165) is 0 Å². The largest absolute Gasteiger partial charge is 0.434 e. The Labute approximate surface area is 97.6 Å². The van der Waals surface area contributed by atoms with Gasteiger partial charge in [0.05, 0.1) is 17.2 Å². The van der Waals surface area contributed by atoms with Gasteiger partial charge in [-0.25, -0.2) is 0 Å². The summed E-state index contributed by atoms with van der Waals surface area (Å²) in [4.78, 5) is 11.3. The molecule has 90 valence electrons. The molecule has 17 heavy (non-hydrogen) atoms. The third-order valence-corrected chi connectivity index (χ3v) is 2.26. The Balaban J connectivity index is 3.42. The van der Waals surface area contributed by atoms with Crippen LogP contribution in [0.15, 0.2) is 12.1 Å². The molecule has 0 amide bonds. The molecule has 0 atom stereocenters. The van der Waals surface area contributed by atoms with Crippen molar-refractivity contribution in [3.05, 3.63) is 28.8 Å². The van der Waals surface area contributed by atoms with Crippen LogP contribution in [0.2, 0.25) is 0 Å². The first-order chi connectivity index (χ1) is 7.99. The predicted molar refractivity (Wildman–Crippen MR) is 57.2 cm³/mol. The number of ether oxygens (including phenoxy) is 1. The van der Waals surface area contributed by atoms with Crippen LogP contribution in [-0.4, -0.2) is 12.4 Å². The fourth-order valence-corrected chi connectivity index (χ4v) is 1.51. The molecule has 0 N–H and O–H groups in total. The number of ketones is 1. The molecule has 5 heteroatoms. The maximum absolute atomic E-state index is 12.3. The standard InChI is InChI=1S/C12H11F2NO2/c1-3-9-4-8(6-15)5-10(7(2)16)11(9)17-12(13)14/h4-5,12H,3H2,1-2H3. The summed E-state index contributed by atoms with van der Waals surface area (Å²) in [6.45, 7) is -0.0150. The molecule has 0 saturated carbocycles. The van der Waals surface area contributed by atoms with E-state index in [4.69, 9.17) is 5.26 Å². The SMILES string of the molecule is CCc1cc(C#N)cc(C(C)=O)c1OC(F)F. The van der Waals surface area contributed by atoms with E-state index >= 15 is 0 Å². The second-order valence-electron chi connectivity index (χ2n) is 3.41. The van der Waals surface area contributed by atoms with E-state index in [1.807, 2.05) is 6.07 Å². The van der Waals surface area contributed by atoms with Crippen LogP contribution in [0.1, 0.15) is 35.3 Å². The fraction of sp³-hybridized carbons (Fsp3) is 0.333. The van der Waals surface area contributed by atoms with Crippen LogP contribution >= 0.6 is 0 Å². The molecule has 0 aromatic heterocycles. The van der Waals surface area contributed by atoms with Crippen LogP contribution in [0.25, 0.3) is 0 Å². The molecule has 3 nitrogen and oxygen atoms in total. The summed E-state index contributed by atoms with van der Waals surface area (Å²) in [5.74, 6) is -0.540. The van der Waals surface area contributed by atoms with E-state index in [0.29, 0.717) is 12.0 Å². The molecule has 0 saturated heterocycles. The average molecular weight is 239 g/mol. The van der Waals surface area contributed by atoms with E-state index in [-0.39, 0.29) is 16.9 Å². The molecule has 0 aliphatic carbocycles. The number of hydrogen-bond acceptors (Lipinski definition) is 3. The van der Waals surface area contributed by atoms with Crippen molar-refractivity contribution in [3.63, 3.8) is 0 Å². The van der Waals surface area contributed by atoms with Gasteiger partial charge in [-0.2, -0.15) is 14.0 Å². The molecule has 0 unspecified atom stereocenters. The second kappa shape index (κ2) is 5.39. The highest BCUT2D eigenvalue weighted by atomic mass is 19.3. The van der Waals surface area contributed by atoms with E-state index in [9.17, 15) is 13.6 Å². The topological polar surface area (TPSA) is 50.1 Å². The van der Waals surface area contributed by atoms with E-state index < -0.39 is 12.4 Å². The quantitative estimate of drug-likeness (QED) is 0.759. The zero-order valence-electron chi connectivity index (χ0n) is 9.46. The minimum atomic E-state index is -2.99. The van der Waals surface area contributed by atoms with Gasteiger partial charge in [-0.15, -0.1) is 0 Å². The lowest BCUT2D eigenvalue weighted by molar-refractivity contribution is -0.0507. The summed E-state index contributed by atoms with van der Waals surface area (Å²) in [7, 11) is 0. The smallest absolute Gasteiger partial charge is 0.387 e. The van der Waals surface area contributed by atoms with Gasteiger partial charge in [-0.05, 0) is 31.0 Å². The van der Waals surface area contributed by atoms with Gasteiger partial charge in [0.15, 0.2) is 5.78 Å². The number of benzene rings is 1. The summed E-state index contributed by atoms with van der Waals surface area (Å²) in [5, 5.41) is 8.79.